The average Bonchev–Trinajstić information content (AvgIpc) is 2.27. The Bertz CT molecular complexity index is 290. The van der Waals surface area contributed by atoms with E-state index in [2.05, 4.69) is 15.6 Å². The van der Waals surface area contributed by atoms with E-state index in [0.29, 0.717) is 5.82 Å². The number of hydrogen-bond acceptors (Lipinski definition) is 5. The van der Waals surface area contributed by atoms with E-state index < -0.39 is 0 Å². The van der Waals surface area contributed by atoms with Crippen LogP contribution in [-0.4, -0.2) is 41.0 Å². The number of aromatic nitrogens is 1. The standard InChI is InChI=1S/C10H17N3O2/c1-2-11-9-4-3-5-10(13-9)12-8(6-14)7-15/h3-5,8,14-15H,2,6-7H2,1H3,(H2,11,12,13). The Kier molecular flexibility index (Phi) is 4.86. The van der Waals surface area contributed by atoms with Gasteiger partial charge in [0.05, 0.1) is 19.3 Å². The molecule has 0 aliphatic heterocycles. The van der Waals surface area contributed by atoms with Crippen LogP contribution in [0.2, 0.25) is 0 Å². The molecule has 0 saturated carbocycles. The molecule has 1 aromatic heterocycles. The third-order valence-electron chi connectivity index (χ3n) is 1.90. The van der Waals surface area contributed by atoms with Gasteiger partial charge in [-0.25, -0.2) is 4.98 Å². The van der Waals surface area contributed by atoms with E-state index in [1.807, 2.05) is 19.1 Å². The highest BCUT2D eigenvalue weighted by molar-refractivity contribution is 5.45. The molecule has 0 aliphatic rings. The van der Waals surface area contributed by atoms with Crippen molar-refractivity contribution in [1.29, 1.82) is 0 Å². The fraction of sp³-hybridized carbons (Fsp3) is 0.500. The molecule has 0 amide bonds. The molecule has 0 bridgehead atoms. The second-order valence-corrected chi connectivity index (χ2v) is 3.14. The Labute approximate surface area is 89.2 Å². The lowest BCUT2D eigenvalue weighted by atomic mass is 10.3. The van der Waals surface area contributed by atoms with Crippen molar-refractivity contribution >= 4 is 11.6 Å². The maximum Gasteiger partial charge on any atom is 0.128 e. The molecular weight excluding hydrogens is 194 g/mol. The van der Waals surface area contributed by atoms with Crippen LogP contribution in [0.3, 0.4) is 0 Å². The minimum Gasteiger partial charge on any atom is -0.394 e. The molecule has 0 spiro atoms. The van der Waals surface area contributed by atoms with E-state index in [1.165, 1.54) is 0 Å². The van der Waals surface area contributed by atoms with Crippen molar-refractivity contribution in [2.45, 2.75) is 13.0 Å². The number of nitrogens with one attached hydrogen (secondary N) is 2. The summed E-state index contributed by atoms with van der Waals surface area (Å²) >= 11 is 0. The minimum atomic E-state index is -0.366. The number of hydrogen-bond donors (Lipinski definition) is 4. The van der Waals surface area contributed by atoms with Crippen molar-refractivity contribution in [3.8, 4) is 0 Å². The first kappa shape index (κ1) is 11.7. The monoisotopic (exact) mass is 211 g/mol. The van der Waals surface area contributed by atoms with Gasteiger partial charge >= 0.3 is 0 Å². The number of nitrogens with zero attached hydrogens (tertiary/aromatic N) is 1. The average molecular weight is 211 g/mol. The van der Waals surface area contributed by atoms with Gasteiger partial charge in [0.25, 0.3) is 0 Å². The van der Waals surface area contributed by atoms with Crippen molar-refractivity contribution in [2.24, 2.45) is 0 Å². The first-order valence-electron chi connectivity index (χ1n) is 4.99. The largest absolute Gasteiger partial charge is 0.394 e. The van der Waals surface area contributed by atoms with Crippen molar-refractivity contribution in [1.82, 2.24) is 4.98 Å². The number of anilines is 2. The van der Waals surface area contributed by atoms with E-state index in [1.54, 1.807) is 6.07 Å². The minimum absolute atomic E-state index is 0.121. The van der Waals surface area contributed by atoms with Crippen LogP contribution in [0.15, 0.2) is 18.2 Å². The number of rotatable bonds is 6. The van der Waals surface area contributed by atoms with Gasteiger partial charge in [0.2, 0.25) is 0 Å². The fourth-order valence-electron chi connectivity index (χ4n) is 1.15. The van der Waals surface area contributed by atoms with Crippen LogP contribution in [0.25, 0.3) is 0 Å². The summed E-state index contributed by atoms with van der Waals surface area (Å²) in [5.74, 6) is 1.42. The Balaban J connectivity index is 2.64. The molecule has 0 saturated heterocycles. The Hall–Kier alpha value is -1.33. The lowest BCUT2D eigenvalue weighted by Gasteiger charge is -2.14. The van der Waals surface area contributed by atoms with Crippen LogP contribution >= 0.6 is 0 Å². The van der Waals surface area contributed by atoms with E-state index in [-0.39, 0.29) is 19.3 Å². The second kappa shape index (κ2) is 6.21. The summed E-state index contributed by atoms with van der Waals surface area (Å²) in [6.07, 6.45) is 0. The quantitative estimate of drug-likeness (QED) is 0.543. The number of aliphatic hydroxyl groups is 2. The van der Waals surface area contributed by atoms with Crippen LogP contribution < -0.4 is 10.6 Å². The van der Waals surface area contributed by atoms with Gasteiger partial charge in [-0.1, -0.05) is 6.07 Å². The highest BCUT2D eigenvalue weighted by Crippen LogP contribution is 2.09. The molecule has 84 valence electrons. The van der Waals surface area contributed by atoms with Crippen LogP contribution in [-0.2, 0) is 0 Å². The molecule has 0 aromatic carbocycles. The number of aliphatic hydroxyl groups excluding tert-OH is 2. The lowest BCUT2D eigenvalue weighted by molar-refractivity contribution is 0.203. The molecule has 0 atom stereocenters. The summed E-state index contributed by atoms with van der Waals surface area (Å²) in [6.45, 7) is 2.55. The molecule has 4 N–H and O–H groups in total. The third kappa shape index (κ3) is 3.73. The molecule has 0 aliphatic carbocycles. The zero-order valence-electron chi connectivity index (χ0n) is 8.77. The Morgan fingerprint density at radius 1 is 1.27 bits per heavy atom. The molecular formula is C10H17N3O2. The molecule has 0 fully saturated rings. The summed E-state index contributed by atoms with van der Waals surface area (Å²) in [4.78, 5) is 4.25. The third-order valence-corrected chi connectivity index (χ3v) is 1.90. The first-order valence-corrected chi connectivity index (χ1v) is 4.99. The summed E-state index contributed by atoms with van der Waals surface area (Å²) in [6, 6.07) is 5.15. The summed E-state index contributed by atoms with van der Waals surface area (Å²) in [5, 5.41) is 23.8. The van der Waals surface area contributed by atoms with Gasteiger partial charge in [-0.05, 0) is 19.1 Å². The molecule has 5 nitrogen and oxygen atoms in total. The van der Waals surface area contributed by atoms with E-state index in [4.69, 9.17) is 10.2 Å². The van der Waals surface area contributed by atoms with Gasteiger partial charge in [-0.2, -0.15) is 0 Å². The molecule has 1 aromatic rings. The van der Waals surface area contributed by atoms with Gasteiger partial charge in [0.1, 0.15) is 11.6 Å². The van der Waals surface area contributed by atoms with E-state index in [0.717, 1.165) is 12.4 Å². The molecule has 1 heterocycles. The van der Waals surface area contributed by atoms with E-state index in [9.17, 15) is 0 Å². The highest BCUT2D eigenvalue weighted by atomic mass is 16.3. The predicted octanol–water partition coefficient (Wildman–Crippen LogP) is 0.278. The summed E-state index contributed by atoms with van der Waals surface area (Å²) < 4.78 is 0. The summed E-state index contributed by atoms with van der Waals surface area (Å²) in [7, 11) is 0. The molecule has 15 heavy (non-hydrogen) atoms. The second-order valence-electron chi connectivity index (χ2n) is 3.14. The topological polar surface area (TPSA) is 77.4 Å². The normalized spacial score (nSPS) is 10.4. The van der Waals surface area contributed by atoms with Crippen LogP contribution in [0, 0.1) is 0 Å². The van der Waals surface area contributed by atoms with Gasteiger partial charge in [0, 0.05) is 6.54 Å². The van der Waals surface area contributed by atoms with Crippen molar-refractivity contribution < 1.29 is 10.2 Å². The number of pyridine rings is 1. The zero-order chi connectivity index (χ0) is 11.1. The zero-order valence-corrected chi connectivity index (χ0v) is 8.77. The van der Waals surface area contributed by atoms with Crippen LogP contribution in [0.5, 0.6) is 0 Å². The first-order chi connectivity index (χ1) is 7.30. The molecule has 0 radical (unpaired) electrons. The molecule has 1 rings (SSSR count). The fourth-order valence-corrected chi connectivity index (χ4v) is 1.15. The van der Waals surface area contributed by atoms with Gasteiger partial charge in [0.15, 0.2) is 0 Å². The van der Waals surface area contributed by atoms with E-state index >= 15 is 0 Å². The maximum absolute atomic E-state index is 8.89. The van der Waals surface area contributed by atoms with Crippen LogP contribution in [0.1, 0.15) is 6.92 Å². The highest BCUT2D eigenvalue weighted by Gasteiger charge is 2.05. The van der Waals surface area contributed by atoms with Crippen LogP contribution in [0.4, 0.5) is 11.6 Å². The van der Waals surface area contributed by atoms with Crippen molar-refractivity contribution in [3.05, 3.63) is 18.2 Å². The van der Waals surface area contributed by atoms with Crippen molar-refractivity contribution in [2.75, 3.05) is 30.4 Å². The van der Waals surface area contributed by atoms with Gasteiger partial charge in [-0.15, -0.1) is 0 Å². The van der Waals surface area contributed by atoms with Gasteiger partial charge in [-0.3, -0.25) is 0 Å². The Morgan fingerprint density at radius 2 is 1.93 bits per heavy atom. The predicted molar refractivity (Wildman–Crippen MR) is 60.0 cm³/mol. The molecule has 5 heteroatoms. The maximum atomic E-state index is 8.89. The lowest BCUT2D eigenvalue weighted by Crippen LogP contribution is -2.28. The molecule has 0 unspecified atom stereocenters. The Morgan fingerprint density at radius 3 is 2.53 bits per heavy atom. The smallest absolute Gasteiger partial charge is 0.128 e. The van der Waals surface area contributed by atoms with Crippen molar-refractivity contribution in [3.63, 3.8) is 0 Å². The SMILES string of the molecule is CCNc1cccc(NC(CO)CO)n1. The van der Waals surface area contributed by atoms with Gasteiger partial charge < -0.3 is 20.8 Å². The summed E-state index contributed by atoms with van der Waals surface area (Å²) in [5.41, 5.74) is 0.